The maximum absolute atomic E-state index is 5.87. The normalized spacial score (nSPS) is 18.0. The molecule has 2 fully saturated rings. The number of ether oxygens (including phenoxy) is 1. The van der Waals surface area contributed by atoms with E-state index in [0.29, 0.717) is 0 Å². The van der Waals surface area contributed by atoms with Gasteiger partial charge < -0.3 is 18.9 Å². The van der Waals surface area contributed by atoms with Crippen LogP contribution < -0.4 is 14.4 Å². The Morgan fingerprint density at radius 3 is 2.90 bits per heavy atom. The topological polar surface area (TPSA) is 63.4 Å². The largest absolute Gasteiger partial charge is 0.494 e. The smallest absolute Gasteiger partial charge is 0.183 e. The van der Waals surface area contributed by atoms with Gasteiger partial charge in [-0.1, -0.05) is 11.2 Å². The molecule has 1 N–H and O–H groups in total. The van der Waals surface area contributed by atoms with Crippen LogP contribution in [0.3, 0.4) is 0 Å². The van der Waals surface area contributed by atoms with Crippen molar-refractivity contribution in [2.45, 2.75) is 36.1 Å². The van der Waals surface area contributed by atoms with Crippen LogP contribution in [0.4, 0.5) is 11.5 Å². The van der Waals surface area contributed by atoms with Gasteiger partial charge in [-0.15, -0.1) is 0 Å². The van der Waals surface area contributed by atoms with E-state index in [4.69, 9.17) is 9.26 Å². The summed E-state index contributed by atoms with van der Waals surface area (Å²) in [7, 11) is 1.66. The van der Waals surface area contributed by atoms with E-state index in [9.17, 15) is 0 Å². The summed E-state index contributed by atoms with van der Waals surface area (Å²) in [4.78, 5) is 6.82. The van der Waals surface area contributed by atoms with E-state index in [1.165, 1.54) is 53.6 Å². The Morgan fingerprint density at radius 1 is 1.24 bits per heavy atom. The van der Waals surface area contributed by atoms with E-state index in [2.05, 4.69) is 38.0 Å². The first-order chi connectivity index (χ1) is 14.3. The van der Waals surface area contributed by atoms with Crippen LogP contribution in [0.1, 0.15) is 30.4 Å². The second-order valence-corrected chi connectivity index (χ2v) is 8.88. The zero-order valence-electron chi connectivity index (χ0n) is 16.3. The van der Waals surface area contributed by atoms with E-state index in [1.54, 1.807) is 13.3 Å². The van der Waals surface area contributed by atoms with Crippen LogP contribution in [0, 0.1) is 0 Å². The maximum atomic E-state index is 5.87. The van der Waals surface area contributed by atoms with Crippen LogP contribution >= 0.6 is 11.9 Å². The van der Waals surface area contributed by atoms with Gasteiger partial charge in [0.05, 0.1) is 7.11 Å². The number of fused-ring (bicyclic) bond motifs is 4. The molecule has 0 unspecified atom stereocenters. The van der Waals surface area contributed by atoms with Crippen molar-refractivity contribution in [1.29, 1.82) is 0 Å². The van der Waals surface area contributed by atoms with Gasteiger partial charge in [-0.3, -0.25) is 0 Å². The molecule has 2 aliphatic carbocycles. The summed E-state index contributed by atoms with van der Waals surface area (Å²) in [5, 5.41) is 5.16. The molecule has 7 heteroatoms. The summed E-state index contributed by atoms with van der Waals surface area (Å²) in [6.07, 6.45) is 6.47. The number of hydrogen-bond donors (Lipinski definition) is 1. The number of rotatable bonds is 5. The van der Waals surface area contributed by atoms with Crippen LogP contribution in [0.2, 0.25) is 0 Å². The molecular formula is C22H22N4O2S. The molecule has 1 aromatic carbocycles. The Bertz CT molecular complexity index is 1090. The number of hydrogen-bond acceptors (Lipinski definition) is 7. The molecule has 2 aromatic heterocycles. The van der Waals surface area contributed by atoms with Gasteiger partial charge in [-0.25, -0.2) is 4.98 Å². The average molecular weight is 407 g/mol. The molecule has 3 heterocycles. The number of pyridine rings is 1. The number of nitrogens with zero attached hydrogens (tertiary/aromatic N) is 3. The zero-order chi connectivity index (χ0) is 19.4. The molecule has 1 saturated heterocycles. The summed E-state index contributed by atoms with van der Waals surface area (Å²) in [6, 6.07) is 10.7. The molecule has 29 heavy (non-hydrogen) atoms. The lowest BCUT2D eigenvalue weighted by atomic mass is 9.79. The highest BCUT2D eigenvalue weighted by molar-refractivity contribution is 8.00. The van der Waals surface area contributed by atoms with Crippen molar-refractivity contribution in [3.8, 4) is 17.1 Å². The second-order valence-electron chi connectivity index (χ2n) is 8.08. The third kappa shape index (κ3) is 2.71. The monoisotopic (exact) mass is 406 g/mol. The minimum atomic E-state index is 0.255. The molecule has 3 aliphatic rings. The Kier molecular flexibility index (Phi) is 3.81. The summed E-state index contributed by atoms with van der Waals surface area (Å²) in [5.41, 5.74) is 5.37. The second kappa shape index (κ2) is 6.42. The third-order valence-electron chi connectivity index (χ3n) is 6.40. The first kappa shape index (κ1) is 17.2. The van der Waals surface area contributed by atoms with Crippen LogP contribution in [0.15, 0.2) is 46.1 Å². The summed E-state index contributed by atoms with van der Waals surface area (Å²) >= 11 is 1.41. The van der Waals surface area contributed by atoms with Crippen molar-refractivity contribution >= 4 is 23.5 Å². The zero-order valence-corrected chi connectivity index (χ0v) is 17.1. The van der Waals surface area contributed by atoms with Crippen molar-refractivity contribution in [2.75, 3.05) is 29.8 Å². The number of nitrogens with one attached hydrogen (secondary N) is 1. The summed E-state index contributed by atoms with van der Waals surface area (Å²) in [6.45, 7) is 2.28. The van der Waals surface area contributed by atoms with Gasteiger partial charge in [-0.05, 0) is 55.5 Å². The molecule has 3 aromatic rings. The van der Waals surface area contributed by atoms with Crippen LogP contribution in [0.5, 0.6) is 5.75 Å². The lowest BCUT2D eigenvalue weighted by molar-refractivity contribution is 0.401. The first-order valence-electron chi connectivity index (χ1n) is 10.1. The molecule has 6 rings (SSSR count). The predicted octanol–water partition coefficient (Wildman–Crippen LogP) is 4.66. The molecule has 0 bridgehead atoms. The highest BCUT2D eigenvalue weighted by atomic mass is 32.2. The van der Waals surface area contributed by atoms with Crippen molar-refractivity contribution in [3.63, 3.8) is 0 Å². The molecule has 6 nitrogen and oxygen atoms in total. The molecule has 148 valence electrons. The van der Waals surface area contributed by atoms with Gasteiger partial charge >= 0.3 is 0 Å². The van der Waals surface area contributed by atoms with Gasteiger partial charge in [0.25, 0.3) is 0 Å². The Hall–Kier alpha value is -2.67. The van der Waals surface area contributed by atoms with Crippen LogP contribution in [-0.4, -0.2) is 30.3 Å². The number of aromatic nitrogens is 2. The third-order valence-corrected chi connectivity index (χ3v) is 7.19. The molecule has 0 amide bonds. The van der Waals surface area contributed by atoms with Crippen molar-refractivity contribution in [3.05, 3.63) is 47.7 Å². The summed E-state index contributed by atoms with van der Waals surface area (Å²) in [5.74, 6) is 2.45. The minimum Gasteiger partial charge on any atom is -0.494 e. The maximum Gasteiger partial charge on any atom is 0.183 e. The molecule has 1 aliphatic heterocycles. The quantitative estimate of drug-likeness (QED) is 0.618. The highest BCUT2D eigenvalue weighted by Gasteiger charge is 2.50. The van der Waals surface area contributed by atoms with Crippen LogP contribution in [-0.2, 0) is 11.8 Å². The molecule has 1 spiro atoms. The highest BCUT2D eigenvalue weighted by Crippen LogP contribution is 2.59. The first-order valence-corrected chi connectivity index (χ1v) is 10.9. The molecule has 0 atom stereocenters. The van der Waals surface area contributed by atoms with E-state index in [0.717, 1.165) is 41.9 Å². The van der Waals surface area contributed by atoms with Gasteiger partial charge in [0.2, 0.25) is 0 Å². The van der Waals surface area contributed by atoms with Gasteiger partial charge in [0.1, 0.15) is 0 Å². The standard InChI is InChI=1S/C22H22N4O2S/c1-27-18-4-2-9-23-21(18)29-25-20-16-13-22(7-8-22)17-6-5-14(26-10-3-11-26)12-15(17)19(16)28-24-20/h2,4-6,9,12H,3,7-8,10-11,13H2,1H3,(H,24,25). The predicted molar refractivity (Wildman–Crippen MR) is 114 cm³/mol. The van der Waals surface area contributed by atoms with E-state index in [1.807, 2.05) is 12.1 Å². The van der Waals surface area contributed by atoms with Gasteiger partial charge in [0.15, 0.2) is 22.4 Å². The summed E-state index contributed by atoms with van der Waals surface area (Å²) < 4.78 is 14.6. The average Bonchev–Trinajstić information content (AvgIpc) is 3.36. The Morgan fingerprint density at radius 2 is 2.14 bits per heavy atom. The molecule has 1 saturated carbocycles. The fourth-order valence-electron chi connectivity index (χ4n) is 4.45. The number of methoxy groups -OCH3 is 1. The van der Waals surface area contributed by atoms with E-state index >= 15 is 0 Å². The molecular weight excluding hydrogens is 384 g/mol. The van der Waals surface area contributed by atoms with E-state index < -0.39 is 0 Å². The number of anilines is 2. The van der Waals surface area contributed by atoms with Crippen LogP contribution in [0.25, 0.3) is 11.3 Å². The lowest BCUT2D eigenvalue weighted by Gasteiger charge is -2.34. The Balaban J connectivity index is 1.35. The SMILES string of the molecule is COc1cccnc1SNc1noc2c1CC1(CC1)c1ccc(N3CCC3)cc1-2. The van der Waals surface area contributed by atoms with E-state index in [-0.39, 0.29) is 5.41 Å². The van der Waals surface area contributed by atoms with Crippen molar-refractivity contribution < 1.29 is 9.26 Å². The fourth-order valence-corrected chi connectivity index (χ4v) is 5.17. The molecule has 0 radical (unpaired) electrons. The van der Waals surface area contributed by atoms with Crippen molar-refractivity contribution in [2.24, 2.45) is 0 Å². The fraction of sp³-hybridized carbons (Fsp3) is 0.364. The minimum absolute atomic E-state index is 0.255. The Labute approximate surface area is 173 Å². The van der Waals surface area contributed by atoms with Crippen molar-refractivity contribution in [1.82, 2.24) is 10.1 Å². The lowest BCUT2D eigenvalue weighted by Crippen LogP contribution is -2.37. The number of benzene rings is 1. The van der Waals surface area contributed by atoms with Gasteiger partial charge in [0, 0.05) is 53.5 Å². The van der Waals surface area contributed by atoms with Gasteiger partial charge in [-0.2, -0.15) is 0 Å².